The molecular formula is C51H30N4OS. The Morgan fingerprint density at radius 2 is 1.04 bits per heavy atom. The van der Waals surface area contributed by atoms with Crippen molar-refractivity contribution in [3.05, 3.63) is 182 Å². The number of thiophene rings is 1. The minimum atomic E-state index is 0.599. The highest BCUT2D eigenvalue weighted by Gasteiger charge is 2.19. The SMILES string of the molecule is c1ccc(-c2nc(-c3ccc4c(c3)oc3ccc(-c5ccc6c7ccccc7n(-c7ccccc7)c6c5)cc34)nc(-c3cccc4c3sc3ccccc34)n2)cc1. The van der Waals surface area contributed by atoms with E-state index >= 15 is 0 Å². The smallest absolute Gasteiger partial charge is 0.165 e. The lowest BCUT2D eigenvalue weighted by Gasteiger charge is -2.09. The van der Waals surface area contributed by atoms with Crippen molar-refractivity contribution < 1.29 is 4.42 Å². The molecule has 5 nitrogen and oxygen atoms in total. The van der Waals surface area contributed by atoms with E-state index in [4.69, 9.17) is 19.4 Å². The molecule has 0 saturated heterocycles. The van der Waals surface area contributed by atoms with Crippen molar-refractivity contribution in [2.24, 2.45) is 0 Å². The topological polar surface area (TPSA) is 56.7 Å². The van der Waals surface area contributed by atoms with Crippen LogP contribution in [0.15, 0.2) is 186 Å². The lowest BCUT2D eigenvalue weighted by Crippen LogP contribution is -2.00. The van der Waals surface area contributed by atoms with Gasteiger partial charge in [0.2, 0.25) is 0 Å². The molecule has 0 amide bonds. The van der Waals surface area contributed by atoms with Crippen LogP contribution in [0.5, 0.6) is 0 Å². The second kappa shape index (κ2) is 12.6. The quantitative estimate of drug-likeness (QED) is 0.176. The maximum absolute atomic E-state index is 6.54. The fourth-order valence-corrected chi connectivity index (χ4v) is 9.58. The minimum absolute atomic E-state index is 0.599. The van der Waals surface area contributed by atoms with Gasteiger partial charge in [-0.2, -0.15) is 0 Å². The highest BCUT2D eigenvalue weighted by molar-refractivity contribution is 7.26. The van der Waals surface area contributed by atoms with Gasteiger partial charge in [-0.05, 0) is 71.8 Å². The van der Waals surface area contributed by atoms with Gasteiger partial charge in [0.15, 0.2) is 17.5 Å². The van der Waals surface area contributed by atoms with Gasteiger partial charge in [-0.3, -0.25) is 0 Å². The predicted octanol–water partition coefficient (Wildman–Crippen LogP) is 13.9. The second-order valence-electron chi connectivity index (χ2n) is 14.4. The van der Waals surface area contributed by atoms with Crippen molar-refractivity contribution in [2.45, 2.75) is 0 Å². The van der Waals surface area contributed by atoms with Gasteiger partial charge in [-0.25, -0.2) is 15.0 Å². The molecule has 0 saturated carbocycles. The van der Waals surface area contributed by atoms with Crippen LogP contribution in [-0.2, 0) is 0 Å². The van der Waals surface area contributed by atoms with E-state index in [1.165, 1.54) is 42.0 Å². The van der Waals surface area contributed by atoms with Crippen LogP contribution in [0.2, 0.25) is 0 Å². The van der Waals surface area contributed by atoms with Crippen LogP contribution in [0, 0.1) is 0 Å². The van der Waals surface area contributed by atoms with Crippen LogP contribution >= 0.6 is 11.3 Å². The van der Waals surface area contributed by atoms with Crippen LogP contribution in [0.1, 0.15) is 0 Å². The zero-order valence-electron chi connectivity index (χ0n) is 30.4. The number of nitrogens with zero attached hydrogens (tertiary/aromatic N) is 4. The molecule has 0 N–H and O–H groups in total. The Hall–Kier alpha value is -7.41. The molecule has 0 atom stereocenters. The minimum Gasteiger partial charge on any atom is -0.456 e. The van der Waals surface area contributed by atoms with Gasteiger partial charge in [0, 0.05) is 64.1 Å². The van der Waals surface area contributed by atoms with E-state index in [-0.39, 0.29) is 0 Å². The van der Waals surface area contributed by atoms with E-state index in [1.54, 1.807) is 11.3 Å². The van der Waals surface area contributed by atoms with Gasteiger partial charge in [0.1, 0.15) is 11.2 Å². The first-order valence-electron chi connectivity index (χ1n) is 19.0. The van der Waals surface area contributed by atoms with Crippen LogP contribution < -0.4 is 0 Å². The number of furan rings is 1. The molecule has 0 aliphatic heterocycles. The molecule has 6 heteroatoms. The normalized spacial score (nSPS) is 11.9. The third-order valence-corrected chi connectivity index (χ3v) is 12.3. The summed E-state index contributed by atoms with van der Waals surface area (Å²) in [7, 11) is 0. The first-order valence-corrected chi connectivity index (χ1v) is 19.8. The fraction of sp³-hybridized carbons (Fsp3) is 0. The molecule has 0 spiro atoms. The lowest BCUT2D eigenvalue weighted by atomic mass is 10.0. The van der Waals surface area contributed by atoms with Crippen molar-refractivity contribution >= 4 is 75.3 Å². The van der Waals surface area contributed by atoms with Crippen molar-refractivity contribution in [2.75, 3.05) is 0 Å². The first kappa shape index (κ1) is 31.9. The zero-order valence-corrected chi connectivity index (χ0v) is 31.2. The van der Waals surface area contributed by atoms with E-state index < -0.39 is 0 Å². The van der Waals surface area contributed by atoms with Gasteiger partial charge in [-0.15, -0.1) is 11.3 Å². The standard InChI is InChI=1S/C51H30N4OS/c1-3-12-31(13-4-1)49-52-50(54-51(53-49)41-19-11-18-40-39-17-8-10-21-47(39)57-48(40)41)34-23-26-38-42-28-32(24-27-45(42)56-46(38)30-34)33-22-25-37-36-16-7-9-20-43(36)55(44(37)29-33)35-14-5-2-6-15-35/h1-30H. The average molecular weight is 747 g/mol. The fourth-order valence-electron chi connectivity index (χ4n) is 8.37. The van der Waals surface area contributed by atoms with E-state index in [1.807, 2.05) is 30.3 Å². The van der Waals surface area contributed by atoms with Crippen molar-refractivity contribution in [3.8, 4) is 51.0 Å². The van der Waals surface area contributed by atoms with E-state index in [9.17, 15) is 0 Å². The molecule has 4 aromatic heterocycles. The van der Waals surface area contributed by atoms with E-state index in [2.05, 4.69) is 156 Å². The molecule has 0 bridgehead atoms. The molecule has 57 heavy (non-hydrogen) atoms. The molecule has 12 aromatic rings. The number of benzene rings is 8. The molecule has 0 fully saturated rings. The Bertz CT molecular complexity index is 3530. The maximum Gasteiger partial charge on any atom is 0.165 e. The first-order chi connectivity index (χ1) is 28.2. The summed E-state index contributed by atoms with van der Waals surface area (Å²) < 4.78 is 11.3. The van der Waals surface area contributed by atoms with Crippen molar-refractivity contribution in [1.29, 1.82) is 0 Å². The summed E-state index contributed by atoms with van der Waals surface area (Å²) in [5.41, 5.74) is 10.2. The number of hydrogen-bond acceptors (Lipinski definition) is 5. The summed E-state index contributed by atoms with van der Waals surface area (Å²) in [6.45, 7) is 0. The molecule has 0 unspecified atom stereocenters. The number of para-hydroxylation sites is 2. The van der Waals surface area contributed by atoms with Gasteiger partial charge in [0.05, 0.1) is 11.0 Å². The summed E-state index contributed by atoms with van der Waals surface area (Å²) in [4.78, 5) is 15.3. The van der Waals surface area contributed by atoms with Crippen LogP contribution in [-0.4, -0.2) is 19.5 Å². The largest absolute Gasteiger partial charge is 0.456 e. The summed E-state index contributed by atoms with van der Waals surface area (Å²) in [6.07, 6.45) is 0. The molecule has 266 valence electrons. The Balaban J connectivity index is 0.984. The van der Waals surface area contributed by atoms with Gasteiger partial charge < -0.3 is 8.98 Å². The van der Waals surface area contributed by atoms with E-state index in [0.717, 1.165) is 55.4 Å². The highest BCUT2D eigenvalue weighted by atomic mass is 32.1. The van der Waals surface area contributed by atoms with E-state index in [0.29, 0.717) is 17.5 Å². The van der Waals surface area contributed by atoms with Crippen LogP contribution in [0.25, 0.3) is 115 Å². The van der Waals surface area contributed by atoms with Crippen molar-refractivity contribution in [3.63, 3.8) is 0 Å². The third kappa shape index (κ3) is 5.12. The third-order valence-electron chi connectivity index (χ3n) is 11.1. The Labute approximate surface area is 330 Å². The predicted molar refractivity (Wildman–Crippen MR) is 236 cm³/mol. The highest BCUT2D eigenvalue weighted by Crippen LogP contribution is 2.41. The summed E-state index contributed by atoms with van der Waals surface area (Å²) >= 11 is 1.77. The maximum atomic E-state index is 6.54. The molecule has 0 aliphatic carbocycles. The molecule has 8 aromatic carbocycles. The van der Waals surface area contributed by atoms with Gasteiger partial charge in [0.25, 0.3) is 0 Å². The van der Waals surface area contributed by atoms with Crippen molar-refractivity contribution in [1.82, 2.24) is 19.5 Å². The average Bonchev–Trinajstić information content (AvgIpc) is 3.95. The molecule has 0 aliphatic rings. The molecule has 4 heterocycles. The second-order valence-corrected chi connectivity index (χ2v) is 15.4. The Morgan fingerprint density at radius 1 is 0.386 bits per heavy atom. The van der Waals surface area contributed by atoms with Crippen LogP contribution in [0.3, 0.4) is 0 Å². The van der Waals surface area contributed by atoms with Gasteiger partial charge >= 0.3 is 0 Å². The van der Waals surface area contributed by atoms with Gasteiger partial charge in [-0.1, -0.05) is 121 Å². The number of aromatic nitrogens is 4. The Kier molecular flexibility index (Phi) is 7.03. The number of rotatable bonds is 5. The molecule has 0 radical (unpaired) electrons. The molecule has 12 rings (SSSR count). The zero-order chi connectivity index (χ0) is 37.5. The summed E-state index contributed by atoms with van der Waals surface area (Å²) in [5.74, 6) is 1.88. The summed E-state index contributed by atoms with van der Waals surface area (Å²) in [5, 5.41) is 7.04. The summed E-state index contributed by atoms with van der Waals surface area (Å²) in [6, 6.07) is 63.9. The Morgan fingerprint density at radius 3 is 1.91 bits per heavy atom. The van der Waals surface area contributed by atoms with Crippen LogP contribution in [0.4, 0.5) is 0 Å². The monoisotopic (exact) mass is 746 g/mol. The number of fused-ring (bicyclic) bond motifs is 9. The molecular weight excluding hydrogens is 717 g/mol. The lowest BCUT2D eigenvalue weighted by molar-refractivity contribution is 0.669. The number of hydrogen-bond donors (Lipinski definition) is 0.